The number of nitrogens with two attached hydrogens (primary N) is 1. The second kappa shape index (κ2) is 3.32. The van der Waals surface area contributed by atoms with Gasteiger partial charge in [-0.1, -0.05) is 31.2 Å². The van der Waals surface area contributed by atoms with Crippen molar-refractivity contribution in [2.45, 2.75) is 31.2 Å². The molecule has 3 N–H and O–H groups in total. The summed E-state index contributed by atoms with van der Waals surface area (Å²) in [5.41, 5.74) is 7.10. The fourth-order valence-electron chi connectivity index (χ4n) is 2.87. The first kappa shape index (κ1) is 10.3. The second-order valence-electron chi connectivity index (χ2n) is 4.84. The average molecular weight is 229 g/mol. The Hall–Kier alpha value is -1.84. The van der Waals surface area contributed by atoms with Crippen LogP contribution >= 0.6 is 0 Å². The van der Waals surface area contributed by atoms with E-state index in [-0.39, 0.29) is 11.9 Å². The number of hydrogen-bond donors (Lipinski definition) is 2. The van der Waals surface area contributed by atoms with Gasteiger partial charge in [-0.2, -0.15) is 0 Å². The predicted octanol–water partition coefficient (Wildman–Crippen LogP) is 1.22. The monoisotopic (exact) mass is 229 g/mol. The van der Waals surface area contributed by atoms with E-state index in [1.54, 1.807) is 0 Å². The van der Waals surface area contributed by atoms with Crippen LogP contribution in [0.15, 0.2) is 29.3 Å². The number of nitrogens with zero attached hydrogens (tertiary/aromatic N) is 1. The molecule has 2 unspecified atom stereocenters. The minimum absolute atomic E-state index is 0.0886. The van der Waals surface area contributed by atoms with Crippen LogP contribution in [0.2, 0.25) is 0 Å². The Balaban J connectivity index is 2.22. The lowest BCUT2D eigenvalue weighted by molar-refractivity contribution is -0.124. The zero-order valence-electron chi connectivity index (χ0n) is 9.73. The number of carbonyl (C=O) groups excluding carboxylic acids is 1. The van der Waals surface area contributed by atoms with E-state index in [0.29, 0.717) is 5.92 Å². The van der Waals surface area contributed by atoms with Crippen molar-refractivity contribution in [3.05, 3.63) is 35.4 Å². The molecule has 4 nitrogen and oxygen atoms in total. The summed E-state index contributed by atoms with van der Waals surface area (Å²) in [4.78, 5) is 16.5. The summed E-state index contributed by atoms with van der Waals surface area (Å²) in [6, 6.07) is 8.04. The van der Waals surface area contributed by atoms with E-state index in [4.69, 9.17) is 5.73 Å². The number of fused-ring (bicyclic) bond motifs is 2. The van der Waals surface area contributed by atoms with E-state index in [2.05, 4.69) is 23.3 Å². The van der Waals surface area contributed by atoms with Crippen molar-refractivity contribution in [3.63, 3.8) is 0 Å². The van der Waals surface area contributed by atoms with Crippen LogP contribution in [0.25, 0.3) is 0 Å². The van der Waals surface area contributed by atoms with Crippen LogP contribution in [0.1, 0.15) is 36.8 Å². The van der Waals surface area contributed by atoms with Crippen LogP contribution in [0.4, 0.5) is 0 Å². The van der Waals surface area contributed by atoms with Crippen LogP contribution in [0.5, 0.6) is 0 Å². The van der Waals surface area contributed by atoms with Gasteiger partial charge in [-0.05, 0) is 29.9 Å². The molecule has 1 aromatic rings. The Morgan fingerprint density at radius 2 is 2.24 bits per heavy atom. The molecule has 2 aliphatic rings. The van der Waals surface area contributed by atoms with Gasteiger partial charge in [0.1, 0.15) is 0 Å². The SMILES string of the molecule is CC1CCC2(N=C(N)NC2=O)c2ccccc21. The van der Waals surface area contributed by atoms with Gasteiger partial charge in [0.05, 0.1) is 0 Å². The van der Waals surface area contributed by atoms with Crippen molar-refractivity contribution in [3.8, 4) is 0 Å². The highest BCUT2D eigenvalue weighted by molar-refractivity contribution is 6.07. The molecule has 0 bridgehead atoms. The van der Waals surface area contributed by atoms with Crippen LogP contribution < -0.4 is 11.1 Å². The Kier molecular flexibility index (Phi) is 2.02. The quantitative estimate of drug-likeness (QED) is 0.702. The van der Waals surface area contributed by atoms with Gasteiger partial charge in [0.15, 0.2) is 11.5 Å². The van der Waals surface area contributed by atoms with Gasteiger partial charge in [-0.25, -0.2) is 4.99 Å². The van der Waals surface area contributed by atoms with E-state index in [9.17, 15) is 4.79 Å². The molecule has 17 heavy (non-hydrogen) atoms. The molecule has 2 atom stereocenters. The van der Waals surface area contributed by atoms with Crippen molar-refractivity contribution in [1.82, 2.24) is 5.32 Å². The first-order valence-electron chi connectivity index (χ1n) is 5.90. The summed E-state index contributed by atoms with van der Waals surface area (Å²) in [5.74, 6) is 0.621. The van der Waals surface area contributed by atoms with Crippen LogP contribution in [-0.4, -0.2) is 11.9 Å². The topological polar surface area (TPSA) is 67.5 Å². The molecular formula is C13H15N3O. The highest BCUT2D eigenvalue weighted by Gasteiger charge is 2.48. The fraction of sp³-hybridized carbons (Fsp3) is 0.385. The molecule has 4 heteroatoms. The molecule has 1 spiro atoms. The molecule has 0 saturated heterocycles. The molecule has 1 aliphatic carbocycles. The van der Waals surface area contributed by atoms with Gasteiger partial charge >= 0.3 is 0 Å². The summed E-state index contributed by atoms with van der Waals surface area (Å²) >= 11 is 0. The van der Waals surface area contributed by atoms with Crippen LogP contribution in [0.3, 0.4) is 0 Å². The summed E-state index contributed by atoms with van der Waals surface area (Å²) < 4.78 is 0. The standard InChI is InChI=1S/C13H15N3O/c1-8-6-7-13(11(17)15-12(14)16-13)10-5-3-2-4-9(8)10/h2-5,8H,6-7H2,1H3,(H3,14,15,16,17). The summed E-state index contributed by atoms with van der Waals surface area (Å²) in [7, 11) is 0. The highest BCUT2D eigenvalue weighted by Crippen LogP contribution is 2.45. The molecule has 3 rings (SSSR count). The number of benzene rings is 1. The fourth-order valence-corrected chi connectivity index (χ4v) is 2.87. The number of carbonyl (C=O) groups is 1. The number of nitrogens with one attached hydrogen (secondary N) is 1. The molecular weight excluding hydrogens is 214 g/mol. The normalized spacial score (nSPS) is 31.0. The van der Waals surface area contributed by atoms with Gasteiger partial charge in [0, 0.05) is 0 Å². The third-order valence-electron chi connectivity index (χ3n) is 3.80. The predicted molar refractivity (Wildman–Crippen MR) is 65.5 cm³/mol. The van der Waals surface area contributed by atoms with Gasteiger partial charge in [0.25, 0.3) is 5.91 Å². The number of guanidine groups is 1. The number of aliphatic imine (C=N–C) groups is 1. The first-order valence-corrected chi connectivity index (χ1v) is 5.90. The minimum Gasteiger partial charge on any atom is -0.370 e. The summed E-state index contributed by atoms with van der Waals surface area (Å²) in [6.07, 6.45) is 1.69. The number of hydrogen-bond acceptors (Lipinski definition) is 3. The summed E-state index contributed by atoms with van der Waals surface area (Å²) in [6.45, 7) is 2.19. The maximum absolute atomic E-state index is 12.1. The van der Waals surface area contributed by atoms with Crippen molar-refractivity contribution in [1.29, 1.82) is 0 Å². The maximum atomic E-state index is 12.1. The van der Waals surface area contributed by atoms with Crippen molar-refractivity contribution >= 4 is 11.9 Å². The van der Waals surface area contributed by atoms with Gasteiger partial charge < -0.3 is 5.73 Å². The Bertz CT molecular complexity index is 523. The van der Waals surface area contributed by atoms with Gasteiger partial charge in [0.2, 0.25) is 0 Å². The lowest BCUT2D eigenvalue weighted by atomic mass is 9.72. The smallest absolute Gasteiger partial charge is 0.259 e. The second-order valence-corrected chi connectivity index (χ2v) is 4.84. The molecule has 1 aliphatic heterocycles. The van der Waals surface area contributed by atoms with E-state index in [1.807, 2.05) is 18.2 Å². The Labute approximate surface area is 99.9 Å². The molecule has 0 radical (unpaired) electrons. The zero-order valence-corrected chi connectivity index (χ0v) is 9.73. The van der Waals surface area contributed by atoms with Gasteiger partial charge in [-0.3, -0.25) is 10.1 Å². The van der Waals surface area contributed by atoms with E-state index >= 15 is 0 Å². The lowest BCUT2D eigenvalue weighted by Crippen LogP contribution is -2.41. The lowest BCUT2D eigenvalue weighted by Gasteiger charge is -2.33. The minimum atomic E-state index is -0.771. The van der Waals surface area contributed by atoms with Crippen molar-refractivity contribution in [2.75, 3.05) is 0 Å². The number of amides is 1. The van der Waals surface area contributed by atoms with E-state index < -0.39 is 5.54 Å². The molecule has 88 valence electrons. The molecule has 1 amide bonds. The number of rotatable bonds is 0. The van der Waals surface area contributed by atoms with Gasteiger partial charge in [-0.15, -0.1) is 0 Å². The molecule has 1 aromatic carbocycles. The Morgan fingerprint density at radius 1 is 1.47 bits per heavy atom. The first-order chi connectivity index (χ1) is 8.13. The molecule has 1 heterocycles. The third-order valence-corrected chi connectivity index (χ3v) is 3.80. The summed E-state index contributed by atoms with van der Waals surface area (Å²) in [5, 5.41) is 2.62. The van der Waals surface area contributed by atoms with E-state index in [0.717, 1.165) is 18.4 Å². The molecule has 0 saturated carbocycles. The molecule has 0 aromatic heterocycles. The van der Waals surface area contributed by atoms with Crippen LogP contribution in [-0.2, 0) is 10.3 Å². The molecule has 0 fully saturated rings. The van der Waals surface area contributed by atoms with E-state index in [1.165, 1.54) is 5.56 Å². The highest BCUT2D eigenvalue weighted by atomic mass is 16.2. The largest absolute Gasteiger partial charge is 0.370 e. The van der Waals surface area contributed by atoms with Crippen LogP contribution in [0, 0.1) is 0 Å². The third kappa shape index (κ3) is 1.30. The maximum Gasteiger partial charge on any atom is 0.259 e. The Morgan fingerprint density at radius 3 is 2.94 bits per heavy atom. The van der Waals surface area contributed by atoms with Crippen molar-refractivity contribution < 1.29 is 4.79 Å². The zero-order chi connectivity index (χ0) is 12.0. The van der Waals surface area contributed by atoms with Crippen molar-refractivity contribution in [2.24, 2.45) is 10.7 Å². The average Bonchev–Trinajstić information content (AvgIpc) is 2.61.